The Kier molecular flexibility index (Phi) is 5.16. The fourth-order valence-corrected chi connectivity index (χ4v) is 2.61. The highest BCUT2D eigenvalue weighted by molar-refractivity contribution is 7.09. The number of hydrogen-bond acceptors (Lipinski definition) is 5. The van der Waals surface area contributed by atoms with Crippen LogP contribution in [0.2, 0.25) is 0 Å². The molecule has 0 aliphatic carbocycles. The van der Waals surface area contributed by atoms with Crippen molar-refractivity contribution in [2.45, 2.75) is 19.9 Å². The van der Waals surface area contributed by atoms with Crippen molar-refractivity contribution in [3.8, 4) is 11.5 Å². The van der Waals surface area contributed by atoms with Crippen LogP contribution in [-0.4, -0.2) is 25.1 Å². The van der Waals surface area contributed by atoms with Gasteiger partial charge in [-0.2, -0.15) is 0 Å². The van der Waals surface area contributed by atoms with Crippen molar-refractivity contribution in [2.24, 2.45) is 0 Å². The zero-order valence-corrected chi connectivity index (χ0v) is 13.1. The van der Waals surface area contributed by atoms with Gasteiger partial charge in [-0.15, -0.1) is 11.3 Å². The monoisotopic (exact) mass is 306 g/mol. The number of amides is 1. The first-order chi connectivity index (χ1) is 10.1. The minimum atomic E-state index is -0.0462. The van der Waals surface area contributed by atoms with Crippen molar-refractivity contribution in [3.63, 3.8) is 0 Å². The van der Waals surface area contributed by atoms with Crippen LogP contribution in [0.3, 0.4) is 0 Å². The van der Waals surface area contributed by atoms with Gasteiger partial charge < -0.3 is 14.8 Å². The van der Waals surface area contributed by atoms with Crippen molar-refractivity contribution in [1.29, 1.82) is 0 Å². The second kappa shape index (κ2) is 7.08. The molecule has 0 spiro atoms. The van der Waals surface area contributed by atoms with Crippen LogP contribution in [0, 0.1) is 6.92 Å². The minimum absolute atomic E-state index is 0.0462. The lowest BCUT2D eigenvalue weighted by Gasteiger charge is -2.09. The highest BCUT2D eigenvalue weighted by atomic mass is 32.1. The zero-order chi connectivity index (χ0) is 15.2. The predicted octanol–water partition coefficient (Wildman–Crippen LogP) is 2.33. The summed E-state index contributed by atoms with van der Waals surface area (Å²) < 4.78 is 10.4. The summed E-state index contributed by atoms with van der Waals surface area (Å²) in [5.74, 6) is 1.23. The lowest BCUT2D eigenvalue weighted by atomic mass is 10.1. The summed E-state index contributed by atoms with van der Waals surface area (Å²) in [6.07, 6.45) is 0.296. The van der Waals surface area contributed by atoms with Crippen LogP contribution in [-0.2, 0) is 17.8 Å². The van der Waals surface area contributed by atoms with Gasteiger partial charge in [-0.3, -0.25) is 4.79 Å². The smallest absolute Gasteiger partial charge is 0.224 e. The van der Waals surface area contributed by atoms with Crippen LogP contribution < -0.4 is 14.8 Å². The Bertz CT molecular complexity index is 625. The third kappa shape index (κ3) is 4.19. The van der Waals surface area contributed by atoms with E-state index in [1.807, 2.05) is 24.4 Å². The molecule has 112 valence electrons. The van der Waals surface area contributed by atoms with Gasteiger partial charge in [0.05, 0.1) is 27.2 Å². The normalized spacial score (nSPS) is 10.2. The number of thiazole rings is 1. The summed E-state index contributed by atoms with van der Waals surface area (Å²) in [7, 11) is 3.16. The van der Waals surface area contributed by atoms with Crippen molar-refractivity contribution in [2.75, 3.05) is 14.2 Å². The number of rotatable bonds is 6. The Morgan fingerprint density at radius 1 is 1.29 bits per heavy atom. The minimum Gasteiger partial charge on any atom is -0.493 e. The Labute approximate surface area is 127 Å². The molecule has 1 heterocycles. The summed E-state index contributed by atoms with van der Waals surface area (Å²) in [5, 5.41) is 5.74. The molecule has 2 rings (SSSR count). The first-order valence-corrected chi connectivity index (χ1v) is 7.39. The molecule has 0 aliphatic heterocycles. The fourth-order valence-electron chi connectivity index (χ4n) is 1.90. The lowest BCUT2D eigenvalue weighted by Crippen LogP contribution is -2.24. The average Bonchev–Trinajstić information content (AvgIpc) is 2.90. The van der Waals surface area contributed by atoms with Gasteiger partial charge in [-0.1, -0.05) is 6.07 Å². The van der Waals surface area contributed by atoms with Crippen LogP contribution in [0.5, 0.6) is 11.5 Å². The van der Waals surface area contributed by atoms with Gasteiger partial charge in [0.15, 0.2) is 11.5 Å². The van der Waals surface area contributed by atoms with Gasteiger partial charge in [0, 0.05) is 11.1 Å². The summed E-state index contributed by atoms with van der Waals surface area (Å²) in [6.45, 7) is 2.40. The lowest BCUT2D eigenvalue weighted by molar-refractivity contribution is -0.120. The van der Waals surface area contributed by atoms with Crippen molar-refractivity contribution in [3.05, 3.63) is 39.8 Å². The van der Waals surface area contributed by atoms with E-state index in [0.717, 1.165) is 16.3 Å². The van der Waals surface area contributed by atoms with Gasteiger partial charge in [0.1, 0.15) is 5.01 Å². The van der Waals surface area contributed by atoms with E-state index in [4.69, 9.17) is 9.47 Å². The van der Waals surface area contributed by atoms with E-state index in [-0.39, 0.29) is 5.91 Å². The fraction of sp³-hybridized carbons (Fsp3) is 0.333. The molecule has 1 N–H and O–H groups in total. The summed E-state index contributed by atoms with van der Waals surface area (Å²) in [6, 6.07) is 5.46. The maximum atomic E-state index is 11.9. The number of nitrogens with one attached hydrogen (secondary N) is 1. The Morgan fingerprint density at radius 3 is 2.67 bits per heavy atom. The number of aryl methyl sites for hydroxylation is 1. The molecule has 5 nitrogen and oxygen atoms in total. The number of methoxy groups -OCH3 is 2. The molecule has 1 aromatic heterocycles. The Hall–Kier alpha value is -2.08. The van der Waals surface area contributed by atoms with E-state index >= 15 is 0 Å². The molecular weight excluding hydrogens is 288 g/mol. The van der Waals surface area contributed by atoms with Gasteiger partial charge in [-0.25, -0.2) is 4.98 Å². The summed E-state index contributed by atoms with van der Waals surface area (Å²) >= 11 is 1.55. The second-order valence-corrected chi connectivity index (χ2v) is 5.47. The molecule has 0 fully saturated rings. The highest BCUT2D eigenvalue weighted by Gasteiger charge is 2.09. The molecule has 1 aromatic carbocycles. The number of carbonyl (C=O) groups excluding carboxylic acids is 1. The molecule has 0 atom stereocenters. The van der Waals surface area contributed by atoms with Crippen molar-refractivity contribution in [1.82, 2.24) is 10.3 Å². The average molecular weight is 306 g/mol. The van der Waals surface area contributed by atoms with Crippen LogP contribution in [0.25, 0.3) is 0 Å². The molecule has 6 heteroatoms. The summed E-state index contributed by atoms with van der Waals surface area (Å²) in [5.41, 5.74) is 1.85. The number of ether oxygens (including phenoxy) is 2. The zero-order valence-electron chi connectivity index (χ0n) is 12.3. The summed E-state index contributed by atoms with van der Waals surface area (Å²) in [4.78, 5) is 16.2. The largest absolute Gasteiger partial charge is 0.493 e. The van der Waals surface area contributed by atoms with Crippen LogP contribution >= 0.6 is 11.3 Å². The van der Waals surface area contributed by atoms with Crippen molar-refractivity contribution < 1.29 is 14.3 Å². The quantitative estimate of drug-likeness (QED) is 0.890. The molecule has 0 saturated carbocycles. The maximum Gasteiger partial charge on any atom is 0.224 e. The van der Waals surface area contributed by atoms with Crippen LogP contribution in [0.15, 0.2) is 23.6 Å². The molecule has 0 radical (unpaired) electrons. The number of benzene rings is 1. The van der Waals surface area contributed by atoms with E-state index in [0.29, 0.717) is 24.5 Å². The van der Waals surface area contributed by atoms with Gasteiger partial charge in [-0.05, 0) is 24.6 Å². The SMILES string of the molecule is COc1ccc(CC(=O)NCc2nc(C)cs2)cc1OC. The van der Waals surface area contributed by atoms with Gasteiger partial charge >= 0.3 is 0 Å². The van der Waals surface area contributed by atoms with Gasteiger partial charge in [0.2, 0.25) is 5.91 Å². The molecule has 0 bridgehead atoms. The van der Waals surface area contributed by atoms with E-state index < -0.39 is 0 Å². The Balaban J connectivity index is 1.93. The highest BCUT2D eigenvalue weighted by Crippen LogP contribution is 2.27. The molecule has 2 aromatic rings. The van der Waals surface area contributed by atoms with E-state index in [1.165, 1.54) is 0 Å². The van der Waals surface area contributed by atoms with E-state index in [9.17, 15) is 4.79 Å². The third-order valence-electron chi connectivity index (χ3n) is 2.92. The number of nitrogens with zero attached hydrogens (tertiary/aromatic N) is 1. The topological polar surface area (TPSA) is 60.5 Å². The molecule has 1 amide bonds. The predicted molar refractivity (Wildman–Crippen MR) is 81.9 cm³/mol. The molecule has 21 heavy (non-hydrogen) atoms. The van der Waals surface area contributed by atoms with Crippen LogP contribution in [0.4, 0.5) is 0 Å². The first kappa shape index (κ1) is 15.3. The molecule has 0 saturated heterocycles. The first-order valence-electron chi connectivity index (χ1n) is 6.51. The van der Waals surface area contributed by atoms with Crippen molar-refractivity contribution >= 4 is 17.2 Å². The molecular formula is C15H18N2O3S. The van der Waals surface area contributed by atoms with E-state index in [1.54, 1.807) is 31.6 Å². The second-order valence-electron chi connectivity index (χ2n) is 4.53. The third-order valence-corrected chi connectivity index (χ3v) is 3.88. The Morgan fingerprint density at radius 2 is 2.05 bits per heavy atom. The van der Waals surface area contributed by atoms with Gasteiger partial charge in [0.25, 0.3) is 0 Å². The number of hydrogen-bond donors (Lipinski definition) is 1. The molecule has 0 unspecified atom stereocenters. The molecule has 0 aliphatic rings. The maximum absolute atomic E-state index is 11.9. The number of carbonyl (C=O) groups is 1. The standard InChI is InChI=1S/C15H18N2O3S/c1-10-9-21-15(17-10)8-16-14(18)7-11-4-5-12(19-2)13(6-11)20-3/h4-6,9H,7-8H2,1-3H3,(H,16,18). The van der Waals surface area contributed by atoms with E-state index in [2.05, 4.69) is 10.3 Å². The number of aromatic nitrogens is 1. The van der Waals surface area contributed by atoms with Crippen LogP contribution in [0.1, 0.15) is 16.3 Å².